The number of aromatic carboxylic acids is 1. The molecule has 2 rings (SSSR count). The Bertz CT molecular complexity index is 605. The number of rotatable bonds is 3. The third kappa shape index (κ3) is 2.14. The van der Waals surface area contributed by atoms with Crippen LogP contribution in [0.25, 0.3) is 10.9 Å². The molecule has 1 aromatic heterocycles. The molecule has 1 N–H and O–H groups in total. The predicted molar refractivity (Wildman–Crippen MR) is 69.3 cm³/mol. The summed E-state index contributed by atoms with van der Waals surface area (Å²) in [6.07, 6.45) is 0. The number of fused-ring (bicyclic) bond motifs is 1. The van der Waals surface area contributed by atoms with Crippen LogP contribution in [0.5, 0.6) is 5.75 Å². The maximum atomic E-state index is 11.1. The summed E-state index contributed by atoms with van der Waals surface area (Å²) in [4.78, 5) is 15.2. The molecule has 0 saturated carbocycles. The van der Waals surface area contributed by atoms with E-state index in [4.69, 9.17) is 9.84 Å². The molecule has 0 unspecified atom stereocenters. The zero-order valence-corrected chi connectivity index (χ0v) is 10.6. The molecule has 0 fully saturated rings. The second-order valence-corrected chi connectivity index (χ2v) is 4.44. The van der Waals surface area contributed by atoms with Crippen LogP contribution in [0, 0.1) is 0 Å². The van der Waals surface area contributed by atoms with E-state index >= 15 is 0 Å². The van der Waals surface area contributed by atoms with E-state index in [-0.39, 0.29) is 11.6 Å². The van der Waals surface area contributed by atoms with Gasteiger partial charge in [-0.05, 0) is 35.7 Å². The van der Waals surface area contributed by atoms with Crippen molar-refractivity contribution < 1.29 is 14.6 Å². The molecule has 0 aliphatic carbocycles. The third-order valence-corrected chi connectivity index (χ3v) is 2.89. The average Bonchev–Trinajstić information content (AvgIpc) is 2.36. The summed E-state index contributed by atoms with van der Waals surface area (Å²) in [7, 11) is 1.61. The molecule has 4 heteroatoms. The summed E-state index contributed by atoms with van der Waals surface area (Å²) in [5, 5.41) is 10.0. The minimum absolute atomic E-state index is 0.0800. The predicted octanol–water partition coefficient (Wildman–Crippen LogP) is 3.07. The van der Waals surface area contributed by atoms with Crippen molar-refractivity contribution in [2.75, 3.05) is 7.11 Å². The van der Waals surface area contributed by atoms with E-state index < -0.39 is 5.97 Å². The Balaban J connectivity index is 2.76. The lowest BCUT2D eigenvalue weighted by atomic mass is 9.97. The van der Waals surface area contributed by atoms with Gasteiger partial charge in [0.25, 0.3) is 0 Å². The number of aromatic nitrogens is 1. The van der Waals surface area contributed by atoms with Crippen LogP contribution in [0.1, 0.15) is 35.8 Å². The Labute approximate surface area is 105 Å². The van der Waals surface area contributed by atoms with Gasteiger partial charge in [-0.25, -0.2) is 9.78 Å². The Morgan fingerprint density at radius 2 is 2.06 bits per heavy atom. The fraction of sp³-hybridized carbons (Fsp3) is 0.286. The van der Waals surface area contributed by atoms with Crippen molar-refractivity contribution in [1.29, 1.82) is 0 Å². The van der Waals surface area contributed by atoms with Crippen molar-refractivity contribution in [2.24, 2.45) is 0 Å². The van der Waals surface area contributed by atoms with E-state index in [1.54, 1.807) is 25.3 Å². The SMILES string of the molecule is COc1ccc2nc(C(=O)O)cc(C(C)C)c2c1. The standard InChI is InChI=1S/C14H15NO3/c1-8(2)10-7-13(14(16)17)15-12-5-4-9(18-3)6-11(10)12/h4-8H,1-3H3,(H,16,17). The van der Waals surface area contributed by atoms with E-state index in [9.17, 15) is 4.79 Å². The van der Waals surface area contributed by atoms with E-state index in [2.05, 4.69) is 4.98 Å². The minimum Gasteiger partial charge on any atom is -0.497 e. The molecular formula is C14H15NO3. The van der Waals surface area contributed by atoms with Gasteiger partial charge in [-0.1, -0.05) is 13.8 Å². The number of carbonyl (C=O) groups is 1. The van der Waals surface area contributed by atoms with Crippen molar-refractivity contribution in [3.05, 3.63) is 35.5 Å². The zero-order chi connectivity index (χ0) is 13.3. The van der Waals surface area contributed by atoms with E-state index in [0.717, 1.165) is 16.7 Å². The van der Waals surface area contributed by atoms with E-state index in [1.807, 2.05) is 19.9 Å². The molecule has 0 radical (unpaired) electrons. The van der Waals surface area contributed by atoms with Crippen molar-refractivity contribution >= 4 is 16.9 Å². The molecule has 0 spiro atoms. The number of pyridine rings is 1. The van der Waals surface area contributed by atoms with Crippen LogP contribution >= 0.6 is 0 Å². The van der Waals surface area contributed by atoms with Crippen LogP contribution in [-0.4, -0.2) is 23.2 Å². The van der Waals surface area contributed by atoms with Crippen LogP contribution < -0.4 is 4.74 Å². The normalized spacial score (nSPS) is 10.9. The summed E-state index contributed by atoms with van der Waals surface area (Å²) >= 11 is 0. The number of ether oxygens (including phenoxy) is 1. The third-order valence-electron chi connectivity index (χ3n) is 2.89. The highest BCUT2D eigenvalue weighted by molar-refractivity contribution is 5.92. The fourth-order valence-electron chi connectivity index (χ4n) is 1.95. The Hall–Kier alpha value is -2.10. The summed E-state index contributed by atoms with van der Waals surface area (Å²) in [5.74, 6) is -0.0374. The molecule has 0 saturated heterocycles. The summed E-state index contributed by atoms with van der Waals surface area (Å²) in [5.41, 5.74) is 1.73. The van der Waals surface area contributed by atoms with E-state index in [1.165, 1.54) is 0 Å². The minimum atomic E-state index is -1.00. The largest absolute Gasteiger partial charge is 0.497 e. The second-order valence-electron chi connectivity index (χ2n) is 4.44. The molecule has 0 aliphatic heterocycles. The van der Waals surface area contributed by atoms with Gasteiger partial charge < -0.3 is 9.84 Å². The first-order valence-electron chi connectivity index (χ1n) is 5.75. The van der Waals surface area contributed by atoms with Crippen LogP contribution in [0.4, 0.5) is 0 Å². The fourth-order valence-corrected chi connectivity index (χ4v) is 1.95. The van der Waals surface area contributed by atoms with Gasteiger partial charge in [0.2, 0.25) is 0 Å². The molecule has 1 aromatic carbocycles. The van der Waals surface area contributed by atoms with Crippen LogP contribution in [0.3, 0.4) is 0 Å². The number of carboxylic acids is 1. The maximum Gasteiger partial charge on any atom is 0.354 e. The number of hydrogen-bond donors (Lipinski definition) is 1. The van der Waals surface area contributed by atoms with Gasteiger partial charge in [-0.15, -0.1) is 0 Å². The summed E-state index contributed by atoms with van der Waals surface area (Å²) in [6, 6.07) is 7.09. The lowest BCUT2D eigenvalue weighted by molar-refractivity contribution is 0.0691. The highest BCUT2D eigenvalue weighted by Gasteiger charge is 2.13. The zero-order valence-electron chi connectivity index (χ0n) is 10.6. The van der Waals surface area contributed by atoms with E-state index in [0.29, 0.717) is 5.52 Å². The first-order chi connectivity index (χ1) is 8.52. The Morgan fingerprint density at radius 3 is 2.61 bits per heavy atom. The van der Waals surface area contributed by atoms with Crippen molar-refractivity contribution in [3.63, 3.8) is 0 Å². The Morgan fingerprint density at radius 1 is 1.33 bits per heavy atom. The molecule has 0 atom stereocenters. The number of hydrogen-bond acceptors (Lipinski definition) is 3. The van der Waals surface area contributed by atoms with Crippen molar-refractivity contribution in [3.8, 4) is 5.75 Å². The summed E-state index contributed by atoms with van der Waals surface area (Å²) < 4.78 is 5.19. The van der Waals surface area contributed by atoms with Gasteiger partial charge in [0.15, 0.2) is 0 Å². The molecule has 2 aromatic rings. The highest BCUT2D eigenvalue weighted by Crippen LogP contribution is 2.28. The van der Waals surface area contributed by atoms with Gasteiger partial charge in [0, 0.05) is 5.39 Å². The smallest absolute Gasteiger partial charge is 0.354 e. The number of methoxy groups -OCH3 is 1. The van der Waals surface area contributed by atoms with Crippen LogP contribution in [0.2, 0.25) is 0 Å². The molecule has 0 amide bonds. The average molecular weight is 245 g/mol. The topological polar surface area (TPSA) is 59.4 Å². The van der Waals surface area contributed by atoms with Gasteiger partial charge >= 0.3 is 5.97 Å². The molecular weight excluding hydrogens is 230 g/mol. The molecule has 0 bridgehead atoms. The number of carboxylic acid groups (broad SMARTS) is 1. The molecule has 94 valence electrons. The molecule has 4 nitrogen and oxygen atoms in total. The lowest BCUT2D eigenvalue weighted by Gasteiger charge is -2.12. The van der Waals surface area contributed by atoms with Gasteiger partial charge in [-0.2, -0.15) is 0 Å². The quantitative estimate of drug-likeness (QED) is 0.902. The molecule has 18 heavy (non-hydrogen) atoms. The van der Waals surface area contributed by atoms with Gasteiger partial charge in [-0.3, -0.25) is 0 Å². The van der Waals surface area contributed by atoms with Crippen LogP contribution in [0.15, 0.2) is 24.3 Å². The maximum absolute atomic E-state index is 11.1. The highest BCUT2D eigenvalue weighted by atomic mass is 16.5. The molecule has 0 aliphatic rings. The first kappa shape index (κ1) is 12.4. The number of benzene rings is 1. The Kier molecular flexibility index (Phi) is 3.19. The lowest BCUT2D eigenvalue weighted by Crippen LogP contribution is -2.03. The van der Waals surface area contributed by atoms with Crippen LogP contribution in [-0.2, 0) is 0 Å². The van der Waals surface area contributed by atoms with Crippen molar-refractivity contribution in [1.82, 2.24) is 4.98 Å². The van der Waals surface area contributed by atoms with Crippen molar-refractivity contribution in [2.45, 2.75) is 19.8 Å². The monoisotopic (exact) mass is 245 g/mol. The molecule has 1 heterocycles. The second kappa shape index (κ2) is 4.64. The number of nitrogens with zero attached hydrogens (tertiary/aromatic N) is 1. The van der Waals surface area contributed by atoms with Gasteiger partial charge in [0.05, 0.1) is 12.6 Å². The summed E-state index contributed by atoms with van der Waals surface area (Å²) in [6.45, 7) is 4.06. The van der Waals surface area contributed by atoms with Gasteiger partial charge in [0.1, 0.15) is 11.4 Å². The first-order valence-corrected chi connectivity index (χ1v) is 5.75.